The monoisotopic (exact) mass is 409 g/mol. The summed E-state index contributed by atoms with van der Waals surface area (Å²) in [5.41, 5.74) is -0.789. The number of benzene rings is 1. The Kier molecular flexibility index (Phi) is 4.54. The Morgan fingerprint density at radius 3 is 2.00 bits per heavy atom. The lowest BCUT2D eigenvalue weighted by Gasteiger charge is -2.31. The van der Waals surface area contributed by atoms with E-state index in [2.05, 4.69) is 4.74 Å². The number of alkyl halides is 9. The maximum Gasteiger partial charge on any atom is 0.428 e. The Morgan fingerprint density at radius 2 is 1.56 bits per heavy atom. The second-order valence-corrected chi connectivity index (χ2v) is 5.53. The Bertz CT molecular complexity index is 796. The lowest BCUT2D eigenvalue weighted by atomic mass is 9.99. The third kappa shape index (κ3) is 2.75. The maximum absolute atomic E-state index is 14.0. The number of rotatable bonds is 4. The van der Waals surface area contributed by atoms with Gasteiger partial charge in [0.2, 0.25) is 0 Å². The average molecular weight is 409 g/mol. The lowest BCUT2D eigenvalue weighted by molar-refractivity contribution is -0.366. The van der Waals surface area contributed by atoms with Crippen LogP contribution in [0.1, 0.15) is 17.3 Å². The maximum atomic E-state index is 14.0. The third-order valence-electron chi connectivity index (χ3n) is 3.65. The van der Waals surface area contributed by atoms with Crippen LogP contribution in [-0.2, 0) is 9.53 Å². The van der Waals surface area contributed by atoms with Crippen LogP contribution in [0.2, 0.25) is 0 Å². The molecule has 1 N–H and O–H groups in total. The summed E-state index contributed by atoms with van der Waals surface area (Å²) in [5, 5.41) is 1.19. The molecule has 13 heteroatoms. The van der Waals surface area contributed by atoms with E-state index in [0.717, 1.165) is 25.1 Å². The molecule has 1 atom stereocenters. The van der Waals surface area contributed by atoms with E-state index in [1.165, 1.54) is 11.4 Å². The molecule has 27 heavy (non-hydrogen) atoms. The van der Waals surface area contributed by atoms with Crippen LogP contribution in [0.3, 0.4) is 0 Å². The Morgan fingerprint density at radius 1 is 1.00 bits per heavy atom. The summed E-state index contributed by atoms with van der Waals surface area (Å²) < 4.78 is 123. The van der Waals surface area contributed by atoms with E-state index < -0.39 is 47.1 Å². The third-order valence-corrected chi connectivity index (χ3v) is 3.65. The molecule has 1 saturated heterocycles. The minimum Gasteiger partial charge on any atom is -0.321 e. The van der Waals surface area contributed by atoms with Gasteiger partial charge in [0.1, 0.15) is 0 Å². The van der Waals surface area contributed by atoms with Gasteiger partial charge < -0.3 is 5.32 Å². The largest absolute Gasteiger partial charge is 0.428 e. The molecular weight excluding hydrogens is 401 g/mol. The van der Waals surface area contributed by atoms with E-state index >= 15 is 0 Å². The number of ether oxygens (including phenoxy) is 1. The van der Waals surface area contributed by atoms with E-state index in [9.17, 15) is 49.1 Å². The molecule has 4 nitrogen and oxygen atoms in total. The van der Waals surface area contributed by atoms with Gasteiger partial charge in [0.25, 0.3) is 0 Å². The molecule has 0 bridgehead atoms. The van der Waals surface area contributed by atoms with Crippen LogP contribution >= 0.6 is 0 Å². The average Bonchev–Trinajstić information content (AvgIpc) is 2.62. The van der Waals surface area contributed by atoms with Gasteiger partial charge in [0, 0.05) is 11.3 Å². The zero-order chi connectivity index (χ0) is 21.1. The molecule has 0 aliphatic carbocycles. The second-order valence-electron chi connectivity index (χ2n) is 5.53. The number of carbonyl (C=O) groups excluding carboxylic acids is 2. The summed E-state index contributed by atoms with van der Waals surface area (Å²) in [5.74, 6) is -29.5. The van der Waals surface area contributed by atoms with E-state index in [1.54, 1.807) is 0 Å². The van der Waals surface area contributed by atoms with Crippen molar-refractivity contribution in [2.45, 2.75) is 36.7 Å². The number of carbonyl (C=O) groups is 2. The molecule has 2 rings (SSSR count). The van der Waals surface area contributed by atoms with Gasteiger partial charge in [-0.1, -0.05) is 12.1 Å². The number of amides is 1. The van der Waals surface area contributed by atoms with Crippen molar-refractivity contribution in [3.05, 3.63) is 29.8 Å². The van der Waals surface area contributed by atoms with Crippen LogP contribution in [0.25, 0.3) is 0 Å². The predicted molar refractivity (Wildman–Crippen MR) is 69.8 cm³/mol. The van der Waals surface area contributed by atoms with Crippen molar-refractivity contribution in [1.29, 1.82) is 0 Å². The Labute approximate surface area is 144 Å². The molecule has 1 aliphatic rings. The van der Waals surface area contributed by atoms with E-state index in [0.29, 0.717) is 0 Å². The summed E-state index contributed by atoms with van der Waals surface area (Å²) in [4.78, 5) is 22.7. The van der Waals surface area contributed by atoms with Crippen LogP contribution in [-0.4, -0.2) is 41.4 Å². The van der Waals surface area contributed by atoms with Gasteiger partial charge in [0.15, 0.2) is 5.78 Å². The van der Waals surface area contributed by atoms with Crippen LogP contribution in [0.5, 0.6) is 0 Å². The van der Waals surface area contributed by atoms with Gasteiger partial charge in [-0.25, -0.2) is 0 Å². The van der Waals surface area contributed by atoms with Crippen molar-refractivity contribution < 1.29 is 53.8 Å². The first kappa shape index (κ1) is 21.0. The number of anilines is 1. The first-order valence-corrected chi connectivity index (χ1v) is 6.84. The van der Waals surface area contributed by atoms with Gasteiger partial charge in [0.05, 0.1) is 0 Å². The Hall–Kier alpha value is -2.31. The molecule has 0 saturated carbocycles. The van der Waals surface area contributed by atoms with Crippen LogP contribution in [0.4, 0.5) is 45.2 Å². The first-order valence-electron chi connectivity index (χ1n) is 6.84. The molecule has 1 heterocycles. The smallest absolute Gasteiger partial charge is 0.321 e. The van der Waals surface area contributed by atoms with Gasteiger partial charge in [-0.2, -0.15) is 39.5 Å². The highest BCUT2D eigenvalue weighted by Gasteiger charge is 2.96. The number of hydrogen-bond acceptors (Lipinski definition) is 3. The summed E-state index contributed by atoms with van der Waals surface area (Å²) in [6.45, 7) is 1.04. The molecule has 150 valence electrons. The van der Waals surface area contributed by atoms with Crippen LogP contribution in [0.15, 0.2) is 24.3 Å². The highest BCUT2D eigenvalue weighted by atomic mass is 19.4. The van der Waals surface area contributed by atoms with Gasteiger partial charge >= 0.3 is 35.6 Å². The van der Waals surface area contributed by atoms with Crippen LogP contribution < -0.4 is 5.32 Å². The van der Waals surface area contributed by atoms with E-state index in [1.807, 2.05) is 0 Å². The van der Waals surface area contributed by atoms with E-state index in [4.69, 9.17) is 0 Å². The molecule has 1 aliphatic heterocycles. The number of halogens is 9. The summed E-state index contributed by atoms with van der Waals surface area (Å²) >= 11 is 0. The normalized spacial score (nSPS) is 25.9. The standard InChI is InChI=1S/C14H8F9NO3/c1-6(25)7-3-2-4-8(5-7)24-9(26)10(15,16)13(21)11(17,18)12(19,20)14(22,23)27-13/h2-5H,1H3,(H,24,26). The number of nitrogens with one attached hydrogen (secondary N) is 1. The van der Waals surface area contributed by atoms with Gasteiger partial charge in [-0.3, -0.25) is 14.3 Å². The zero-order valence-electron chi connectivity index (χ0n) is 12.9. The molecule has 1 amide bonds. The minimum atomic E-state index is -6.76. The topological polar surface area (TPSA) is 55.4 Å². The van der Waals surface area contributed by atoms with Crippen molar-refractivity contribution in [3.8, 4) is 0 Å². The molecular formula is C14H8F9NO3. The van der Waals surface area contributed by atoms with Crippen molar-refractivity contribution in [2.75, 3.05) is 5.32 Å². The molecule has 1 aromatic rings. The molecule has 0 radical (unpaired) electrons. The molecule has 1 fully saturated rings. The molecule has 1 unspecified atom stereocenters. The first-order chi connectivity index (χ1) is 12.0. The van der Waals surface area contributed by atoms with Crippen LogP contribution in [0, 0.1) is 0 Å². The molecule has 0 spiro atoms. The van der Waals surface area contributed by atoms with Gasteiger partial charge in [-0.05, 0) is 19.1 Å². The fourth-order valence-corrected chi connectivity index (χ4v) is 2.12. The SMILES string of the molecule is CC(=O)c1cccc(NC(=O)C(F)(F)C2(F)OC(F)(F)C(F)(F)C2(F)F)c1. The molecule has 1 aromatic carbocycles. The van der Waals surface area contributed by atoms with Crippen molar-refractivity contribution in [1.82, 2.24) is 0 Å². The van der Waals surface area contributed by atoms with Crippen molar-refractivity contribution in [3.63, 3.8) is 0 Å². The fourth-order valence-electron chi connectivity index (χ4n) is 2.12. The van der Waals surface area contributed by atoms with E-state index in [-0.39, 0.29) is 5.56 Å². The number of hydrogen-bond donors (Lipinski definition) is 1. The summed E-state index contributed by atoms with van der Waals surface area (Å²) in [6.07, 6.45) is -6.32. The van der Waals surface area contributed by atoms with Crippen molar-refractivity contribution >= 4 is 17.4 Å². The predicted octanol–water partition coefficient (Wildman–Crippen LogP) is 4.02. The highest BCUT2D eigenvalue weighted by Crippen LogP contribution is 2.64. The molecule has 0 aromatic heterocycles. The summed E-state index contributed by atoms with van der Waals surface area (Å²) in [7, 11) is 0. The highest BCUT2D eigenvalue weighted by molar-refractivity contribution is 5.99. The fraction of sp³-hybridized carbons (Fsp3) is 0.429. The lowest BCUT2D eigenvalue weighted by Crippen LogP contribution is -2.63. The van der Waals surface area contributed by atoms with Crippen molar-refractivity contribution in [2.24, 2.45) is 0 Å². The minimum absolute atomic E-state index is 0.147. The zero-order valence-corrected chi connectivity index (χ0v) is 12.9. The second kappa shape index (κ2) is 5.84. The number of Topliss-reactive ketones (excluding diaryl/α,β-unsaturated/α-hetero) is 1. The summed E-state index contributed by atoms with van der Waals surface area (Å²) in [6, 6.07) is 3.86. The number of ketones is 1. The van der Waals surface area contributed by atoms with Gasteiger partial charge in [-0.15, -0.1) is 0 Å². The Balaban J connectivity index is 2.41. The quantitative estimate of drug-likeness (QED) is 0.604.